The highest BCUT2D eigenvalue weighted by atomic mass is 32.1. The number of anilines is 1. The summed E-state index contributed by atoms with van der Waals surface area (Å²) in [6.07, 6.45) is 1.57. The zero-order valence-electron chi connectivity index (χ0n) is 14.9. The number of nitro benzene ring substituents is 1. The normalized spacial score (nSPS) is 26.6. The number of non-ortho nitro benzene ring substituents is 1. The van der Waals surface area contributed by atoms with Crippen molar-refractivity contribution in [2.45, 2.75) is 12.5 Å². The lowest BCUT2D eigenvalue weighted by molar-refractivity contribution is -0.384. The van der Waals surface area contributed by atoms with Crippen LogP contribution in [0.3, 0.4) is 0 Å². The molecule has 0 aromatic heterocycles. The van der Waals surface area contributed by atoms with Crippen LogP contribution in [-0.2, 0) is 20.7 Å². The molecule has 0 saturated carbocycles. The molecule has 28 heavy (non-hydrogen) atoms. The summed E-state index contributed by atoms with van der Waals surface area (Å²) in [5.74, 6) is -0.931. The Labute approximate surface area is 166 Å². The molecule has 9 nitrogen and oxygen atoms in total. The predicted octanol–water partition coefficient (Wildman–Crippen LogP) is 0.772. The lowest BCUT2D eigenvalue weighted by Crippen LogP contribution is -2.73. The van der Waals surface area contributed by atoms with Gasteiger partial charge in [0.2, 0.25) is 11.8 Å². The van der Waals surface area contributed by atoms with Gasteiger partial charge in [-0.05, 0) is 23.8 Å². The van der Waals surface area contributed by atoms with Gasteiger partial charge in [0.25, 0.3) is 5.69 Å². The Morgan fingerprint density at radius 1 is 1.46 bits per heavy atom. The van der Waals surface area contributed by atoms with Gasteiger partial charge in [0.05, 0.1) is 24.2 Å². The third-order valence-corrected chi connectivity index (χ3v) is 5.88. The van der Waals surface area contributed by atoms with E-state index >= 15 is 0 Å². The Balaban J connectivity index is 1.88. The minimum Gasteiger partial charge on any atom is -0.377 e. The van der Waals surface area contributed by atoms with E-state index in [0.717, 1.165) is 5.69 Å². The van der Waals surface area contributed by atoms with Crippen LogP contribution in [0.25, 0.3) is 0 Å². The zero-order chi connectivity index (χ0) is 20.1. The highest BCUT2D eigenvalue weighted by molar-refractivity contribution is 7.80. The van der Waals surface area contributed by atoms with Crippen LogP contribution in [0.1, 0.15) is 5.56 Å². The van der Waals surface area contributed by atoms with E-state index in [1.165, 1.54) is 23.1 Å². The molecule has 1 aromatic rings. The van der Waals surface area contributed by atoms with Gasteiger partial charge in [0.15, 0.2) is 10.5 Å². The number of hydrogen-bond acceptors (Lipinski definition) is 7. The van der Waals surface area contributed by atoms with Crippen LogP contribution in [0.5, 0.6) is 0 Å². The first-order valence-corrected chi connectivity index (χ1v) is 9.21. The van der Waals surface area contributed by atoms with Gasteiger partial charge in [0.1, 0.15) is 0 Å². The molecule has 1 aromatic carbocycles. The second kappa shape index (κ2) is 6.64. The van der Waals surface area contributed by atoms with E-state index in [9.17, 15) is 19.7 Å². The predicted molar refractivity (Wildman–Crippen MR) is 104 cm³/mol. The molecule has 2 atom stereocenters. The van der Waals surface area contributed by atoms with Gasteiger partial charge in [-0.2, -0.15) is 0 Å². The molecule has 0 unspecified atom stereocenters. The maximum atomic E-state index is 13.5. The number of rotatable bonds is 3. The third-order valence-electron chi connectivity index (χ3n) is 5.56. The second-order valence-corrected chi connectivity index (χ2v) is 7.35. The van der Waals surface area contributed by atoms with Crippen molar-refractivity contribution in [1.82, 2.24) is 10.2 Å². The number of carbonyl (C=O) groups excluding carboxylic acids is 2. The Morgan fingerprint density at radius 2 is 2.25 bits per heavy atom. The van der Waals surface area contributed by atoms with Crippen molar-refractivity contribution in [2.75, 3.05) is 31.2 Å². The van der Waals surface area contributed by atoms with Crippen LogP contribution in [0, 0.1) is 15.5 Å². The Bertz CT molecular complexity index is 919. The molecule has 1 N–H and O–H groups in total. The Morgan fingerprint density at radius 3 is 2.96 bits per heavy atom. The van der Waals surface area contributed by atoms with Crippen molar-refractivity contribution in [2.24, 2.45) is 5.41 Å². The van der Waals surface area contributed by atoms with Crippen LogP contribution >= 0.6 is 12.2 Å². The third kappa shape index (κ3) is 2.52. The van der Waals surface area contributed by atoms with Gasteiger partial charge >= 0.3 is 0 Å². The van der Waals surface area contributed by atoms with E-state index in [1.807, 2.05) is 4.90 Å². The van der Waals surface area contributed by atoms with Crippen molar-refractivity contribution < 1.29 is 19.2 Å². The topological polar surface area (TPSA) is 105 Å². The average Bonchev–Trinajstić information content (AvgIpc) is 2.69. The number of ether oxygens (including phenoxy) is 1. The SMILES string of the molecule is C=CCN1C(=O)[C@@]2(Cc3cc([N+](=O)[O-])ccc3N3CCOC[C@@H]32)C(=O)NC1=S. The summed E-state index contributed by atoms with van der Waals surface area (Å²) in [7, 11) is 0. The van der Waals surface area contributed by atoms with Gasteiger partial charge in [-0.25, -0.2) is 0 Å². The van der Waals surface area contributed by atoms with E-state index in [-0.39, 0.29) is 30.4 Å². The summed E-state index contributed by atoms with van der Waals surface area (Å²) in [6.45, 7) is 4.92. The molecular weight excluding hydrogens is 384 g/mol. The highest BCUT2D eigenvalue weighted by Crippen LogP contribution is 2.46. The standard InChI is InChI=1S/C18H18N4O5S/c1-2-5-21-16(24)18(15(23)19-17(21)28)9-11-8-12(22(25)26)3-4-13(11)20-6-7-27-10-14(18)20/h2-4,8,14H,1,5-7,9-10H2,(H,19,23,28)/t14-,18-/m1/s1. The minimum atomic E-state index is -1.48. The molecule has 0 aliphatic carbocycles. The first kappa shape index (κ1) is 18.5. The zero-order valence-corrected chi connectivity index (χ0v) is 15.7. The summed E-state index contributed by atoms with van der Waals surface area (Å²) in [6, 6.07) is 4.02. The van der Waals surface area contributed by atoms with Gasteiger partial charge in [-0.1, -0.05) is 6.08 Å². The number of nitro groups is 1. The van der Waals surface area contributed by atoms with Crippen LogP contribution in [0.4, 0.5) is 11.4 Å². The maximum absolute atomic E-state index is 13.5. The molecule has 0 radical (unpaired) electrons. The van der Waals surface area contributed by atoms with Gasteiger partial charge in [-0.15, -0.1) is 6.58 Å². The van der Waals surface area contributed by atoms with E-state index in [2.05, 4.69) is 11.9 Å². The fourth-order valence-electron chi connectivity index (χ4n) is 4.28. The van der Waals surface area contributed by atoms with E-state index in [4.69, 9.17) is 17.0 Å². The fourth-order valence-corrected chi connectivity index (χ4v) is 4.53. The summed E-state index contributed by atoms with van der Waals surface area (Å²) in [4.78, 5) is 40.7. The Kier molecular flexibility index (Phi) is 4.39. The second-order valence-electron chi connectivity index (χ2n) is 6.97. The van der Waals surface area contributed by atoms with Gasteiger partial charge in [-0.3, -0.25) is 24.6 Å². The smallest absolute Gasteiger partial charge is 0.269 e. The molecule has 2 fully saturated rings. The number of nitrogens with one attached hydrogen (secondary N) is 1. The molecule has 4 rings (SSSR count). The number of fused-ring (bicyclic) bond motifs is 4. The summed E-state index contributed by atoms with van der Waals surface area (Å²) >= 11 is 5.17. The van der Waals surface area contributed by atoms with Gasteiger partial charge in [0, 0.05) is 37.3 Å². The molecule has 146 valence electrons. The van der Waals surface area contributed by atoms with Crippen molar-refractivity contribution in [3.05, 3.63) is 46.5 Å². The number of amides is 2. The molecule has 2 saturated heterocycles. The minimum absolute atomic E-state index is 0.0358. The molecule has 3 aliphatic heterocycles. The largest absolute Gasteiger partial charge is 0.377 e. The van der Waals surface area contributed by atoms with Crippen LogP contribution in [0.15, 0.2) is 30.9 Å². The van der Waals surface area contributed by atoms with Crippen molar-refractivity contribution in [1.29, 1.82) is 0 Å². The van der Waals surface area contributed by atoms with Crippen molar-refractivity contribution in [3.8, 4) is 0 Å². The first-order valence-electron chi connectivity index (χ1n) is 8.80. The number of carbonyl (C=O) groups is 2. The van der Waals surface area contributed by atoms with Gasteiger partial charge < -0.3 is 15.0 Å². The highest BCUT2D eigenvalue weighted by Gasteiger charge is 2.61. The molecule has 2 amide bonds. The Hall–Kier alpha value is -2.85. The lowest BCUT2D eigenvalue weighted by Gasteiger charge is -2.53. The van der Waals surface area contributed by atoms with Crippen LogP contribution in [0.2, 0.25) is 0 Å². The lowest BCUT2D eigenvalue weighted by atomic mass is 9.68. The van der Waals surface area contributed by atoms with E-state index < -0.39 is 28.2 Å². The molecule has 3 aliphatic rings. The molecule has 10 heteroatoms. The molecule has 3 heterocycles. The van der Waals surface area contributed by atoms with Crippen LogP contribution < -0.4 is 10.2 Å². The summed E-state index contributed by atoms with van der Waals surface area (Å²) in [5.41, 5.74) is -0.188. The fraction of sp³-hybridized carbons (Fsp3) is 0.389. The quantitative estimate of drug-likeness (QED) is 0.262. The maximum Gasteiger partial charge on any atom is 0.269 e. The summed E-state index contributed by atoms with van der Waals surface area (Å²) < 4.78 is 5.61. The number of hydrogen-bond donors (Lipinski definition) is 1. The number of benzene rings is 1. The molecule has 1 spiro atoms. The molecular formula is C18H18N4O5S. The average molecular weight is 402 g/mol. The number of thiocarbonyl (C=S) groups is 1. The first-order chi connectivity index (χ1) is 13.4. The number of morpholine rings is 1. The molecule has 0 bridgehead atoms. The van der Waals surface area contributed by atoms with Crippen LogP contribution in [-0.4, -0.2) is 59.1 Å². The number of nitrogens with zero attached hydrogens (tertiary/aromatic N) is 3. The van der Waals surface area contributed by atoms with E-state index in [1.54, 1.807) is 6.07 Å². The van der Waals surface area contributed by atoms with Crippen molar-refractivity contribution in [3.63, 3.8) is 0 Å². The summed E-state index contributed by atoms with van der Waals surface area (Å²) in [5, 5.41) is 13.9. The van der Waals surface area contributed by atoms with E-state index in [0.29, 0.717) is 18.7 Å². The monoisotopic (exact) mass is 402 g/mol. The van der Waals surface area contributed by atoms with Crippen molar-refractivity contribution >= 4 is 40.5 Å².